The highest BCUT2D eigenvalue weighted by atomic mass is 16.6. The molecule has 6 saturated carbocycles. The van der Waals surface area contributed by atoms with Crippen LogP contribution in [0.4, 0.5) is 0 Å². The Morgan fingerprint density at radius 2 is 1.61 bits per heavy atom. The second-order valence-corrected chi connectivity index (χ2v) is 22.7. The van der Waals surface area contributed by atoms with Gasteiger partial charge in [0.1, 0.15) is 0 Å². The molecule has 0 amide bonds. The Balaban J connectivity index is 1.21. The molecule has 15 atom stereocenters. The number of aliphatic carboxylic acids is 1. The van der Waals surface area contributed by atoms with Crippen LogP contribution in [0, 0.1) is 85.3 Å². The van der Waals surface area contributed by atoms with Gasteiger partial charge in [-0.15, -0.1) is 5.92 Å². The van der Waals surface area contributed by atoms with E-state index in [9.17, 15) is 15.0 Å². The molecule has 2 N–H and O–H groups in total. The van der Waals surface area contributed by atoms with Gasteiger partial charge in [-0.25, -0.2) is 0 Å². The van der Waals surface area contributed by atoms with Crippen LogP contribution in [0.1, 0.15) is 168 Å². The molecule has 1 saturated heterocycles. The Kier molecular flexibility index (Phi) is 9.83. The van der Waals surface area contributed by atoms with Crippen molar-refractivity contribution in [3.63, 3.8) is 0 Å². The van der Waals surface area contributed by atoms with E-state index in [4.69, 9.17) is 9.47 Å². The molecule has 8 aliphatic rings. The van der Waals surface area contributed by atoms with E-state index in [0.29, 0.717) is 29.6 Å². The molecule has 7 fully saturated rings. The number of ether oxygens (including phenoxy) is 2. The maximum atomic E-state index is 13.2. The predicted octanol–water partition coefficient (Wildman–Crippen LogP) is 11.4. The van der Waals surface area contributed by atoms with Crippen LogP contribution < -0.4 is 0 Å². The van der Waals surface area contributed by atoms with Gasteiger partial charge in [-0.05, 0) is 172 Å². The number of fused-ring (bicyclic) bond motifs is 2. The van der Waals surface area contributed by atoms with E-state index in [1.807, 2.05) is 0 Å². The smallest absolute Gasteiger partial charge is 0.309 e. The van der Waals surface area contributed by atoms with E-state index in [1.54, 1.807) is 7.11 Å². The van der Waals surface area contributed by atoms with Crippen LogP contribution in [-0.2, 0) is 27.1 Å². The second kappa shape index (κ2) is 13.8. The molecule has 1 heterocycles. The van der Waals surface area contributed by atoms with Crippen LogP contribution in [0.3, 0.4) is 0 Å². The van der Waals surface area contributed by atoms with Crippen molar-refractivity contribution in [3.8, 4) is 11.8 Å². The molecule has 0 radical (unpaired) electrons. The average Bonchev–Trinajstić information content (AvgIpc) is 3.33. The van der Waals surface area contributed by atoms with Gasteiger partial charge >= 0.3 is 5.97 Å². The zero-order chi connectivity index (χ0) is 40.3. The lowest BCUT2D eigenvalue weighted by Gasteiger charge is -2.82. The van der Waals surface area contributed by atoms with Gasteiger partial charge in [-0.2, -0.15) is 0 Å². The summed E-state index contributed by atoms with van der Waals surface area (Å²) in [5.74, 6) is 9.46. The third kappa shape index (κ3) is 5.33. The summed E-state index contributed by atoms with van der Waals surface area (Å²) in [6, 6.07) is 9.19. The highest BCUT2D eigenvalue weighted by Gasteiger charge is 2.84. The van der Waals surface area contributed by atoms with Gasteiger partial charge in [-0.1, -0.05) is 77.6 Å². The van der Waals surface area contributed by atoms with Crippen molar-refractivity contribution >= 4 is 5.97 Å². The highest BCUT2D eigenvalue weighted by molar-refractivity contribution is 5.74. The van der Waals surface area contributed by atoms with Crippen molar-refractivity contribution < 1.29 is 24.5 Å². The van der Waals surface area contributed by atoms with E-state index >= 15 is 0 Å². The Labute approximate surface area is 345 Å². The Bertz CT molecular complexity index is 1780. The van der Waals surface area contributed by atoms with Crippen molar-refractivity contribution in [2.75, 3.05) is 13.7 Å². The monoisotopic (exact) mass is 781 g/mol. The van der Waals surface area contributed by atoms with Crippen LogP contribution >= 0.6 is 0 Å². The zero-order valence-corrected chi connectivity index (χ0v) is 36.8. The molecule has 1 aromatic rings. The fourth-order valence-electron chi connectivity index (χ4n) is 18.1. The minimum Gasteiger partial charge on any atom is -0.481 e. The summed E-state index contributed by atoms with van der Waals surface area (Å²) in [5.41, 5.74) is 1.94. The number of methoxy groups -OCH3 is 1. The van der Waals surface area contributed by atoms with Crippen LogP contribution in [0.15, 0.2) is 24.3 Å². The number of hydrogen-bond donors (Lipinski definition) is 2. The molecular weight excluding hydrogens is 705 g/mol. The van der Waals surface area contributed by atoms with Crippen molar-refractivity contribution in [2.45, 2.75) is 182 Å². The van der Waals surface area contributed by atoms with Gasteiger partial charge in [0, 0.05) is 36.7 Å². The van der Waals surface area contributed by atoms with Gasteiger partial charge in [0.05, 0.1) is 18.1 Å². The normalized spacial score (nSPS) is 50.5. The van der Waals surface area contributed by atoms with Crippen LogP contribution in [0.2, 0.25) is 0 Å². The molecule has 1 aromatic carbocycles. The maximum Gasteiger partial charge on any atom is 0.309 e. The van der Waals surface area contributed by atoms with Crippen LogP contribution in [0.5, 0.6) is 0 Å². The van der Waals surface area contributed by atoms with Gasteiger partial charge in [0.2, 0.25) is 0 Å². The number of aliphatic hydroxyl groups is 1. The molecule has 2 spiro atoms. The molecule has 1 aliphatic heterocycles. The molecule has 57 heavy (non-hydrogen) atoms. The maximum absolute atomic E-state index is 13.2. The van der Waals surface area contributed by atoms with Crippen molar-refractivity contribution in [2.24, 2.45) is 73.4 Å². The first-order valence-corrected chi connectivity index (χ1v) is 23.8. The average molecular weight is 781 g/mol. The molecular formula is C52H76O5. The quantitative estimate of drug-likeness (QED) is 0.231. The van der Waals surface area contributed by atoms with E-state index in [-0.39, 0.29) is 44.5 Å². The first-order valence-electron chi connectivity index (χ1n) is 23.8. The number of carboxylic acid groups (broad SMARTS) is 1. The molecule has 4 bridgehead atoms. The van der Waals surface area contributed by atoms with Gasteiger partial charge in [0.25, 0.3) is 0 Å². The lowest BCUT2D eigenvalue weighted by Crippen LogP contribution is -2.78. The first-order chi connectivity index (χ1) is 27.1. The Morgan fingerprint density at radius 3 is 2.33 bits per heavy atom. The third-order valence-electron chi connectivity index (χ3n) is 20.8. The molecule has 5 heteroatoms. The van der Waals surface area contributed by atoms with Crippen molar-refractivity contribution in [1.29, 1.82) is 0 Å². The van der Waals surface area contributed by atoms with Crippen LogP contribution in [-0.4, -0.2) is 41.8 Å². The van der Waals surface area contributed by atoms with E-state index in [1.165, 1.54) is 68.9 Å². The summed E-state index contributed by atoms with van der Waals surface area (Å²) in [5, 5.41) is 23.7. The molecule has 0 aromatic heterocycles. The summed E-state index contributed by atoms with van der Waals surface area (Å²) in [6.07, 6.45) is 21.3. The SMILES string of the molecule is CCC[C@@H]1CC#C[C@@]23CC[C@]45[C@H](Cc6ccc(CCOC)cc6)O[C@](O)(C[C@@H]6CC[C@H](C[C@@]7(CC1)[C@@H]1C[C@](C)(C(=O)O)CC[C@@]1(C)CC[C@@]72C)[C@@]3(C)[C@H]64)[C@@H]5CCC. The lowest BCUT2D eigenvalue weighted by molar-refractivity contribution is -0.338. The minimum absolute atomic E-state index is 0.00813. The van der Waals surface area contributed by atoms with E-state index in [0.717, 1.165) is 77.2 Å². The number of carbonyl (C=O) groups is 1. The molecule has 9 rings (SSSR count). The number of rotatable bonds is 10. The summed E-state index contributed by atoms with van der Waals surface area (Å²) >= 11 is 0. The second-order valence-electron chi connectivity index (χ2n) is 22.7. The fraction of sp³-hybridized carbons (Fsp3) is 0.827. The van der Waals surface area contributed by atoms with E-state index < -0.39 is 17.2 Å². The Hall–Kier alpha value is -1.87. The molecule has 7 aliphatic carbocycles. The summed E-state index contributed by atoms with van der Waals surface area (Å²) in [4.78, 5) is 13.2. The van der Waals surface area contributed by atoms with Crippen molar-refractivity contribution in [3.05, 3.63) is 35.4 Å². The van der Waals surface area contributed by atoms with Crippen molar-refractivity contribution in [1.82, 2.24) is 0 Å². The fourth-order valence-corrected chi connectivity index (χ4v) is 18.1. The summed E-state index contributed by atoms with van der Waals surface area (Å²) in [7, 11) is 1.77. The van der Waals surface area contributed by atoms with Gasteiger partial charge < -0.3 is 19.7 Å². The van der Waals surface area contributed by atoms with E-state index in [2.05, 4.69) is 77.6 Å². The minimum atomic E-state index is -1.07. The summed E-state index contributed by atoms with van der Waals surface area (Å²) in [6.45, 7) is 15.6. The first kappa shape index (κ1) is 40.5. The number of benzene rings is 1. The predicted molar refractivity (Wildman–Crippen MR) is 226 cm³/mol. The van der Waals surface area contributed by atoms with Crippen LogP contribution in [0.25, 0.3) is 0 Å². The topological polar surface area (TPSA) is 76.0 Å². The largest absolute Gasteiger partial charge is 0.481 e. The highest BCUT2D eigenvalue weighted by Crippen LogP contribution is 2.88. The lowest BCUT2D eigenvalue weighted by atomic mass is 9.21. The summed E-state index contributed by atoms with van der Waals surface area (Å²) < 4.78 is 12.7. The van der Waals surface area contributed by atoms with Gasteiger partial charge in [-0.3, -0.25) is 4.79 Å². The number of hydrogen-bond acceptors (Lipinski definition) is 4. The Morgan fingerprint density at radius 1 is 0.877 bits per heavy atom. The van der Waals surface area contributed by atoms with Gasteiger partial charge in [0.15, 0.2) is 5.79 Å². The number of carboxylic acids is 1. The molecule has 314 valence electrons. The zero-order valence-electron chi connectivity index (χ0n) is 36.8. The third-order valence-corrected chi connectivity index (χ3v) is 20.8. The molecule has 5 nitrogen and oxygen atoms in total. The standard InChI is InChI=1S/C52H76O5/c1-8-11-35-13-10-22-50-28-29-51-40(12-9-2)52(55,57-42(51)31-37-16-14-36(15-17-37)21-30-56-7)32-38-18-19-39(48(50,6)43(38)51)33-49(23-20-35)41-34-46(4,44(53)54)25-24-45(41,3)26-27-47(49,50)5/h14-17,35,38-43,55H,8-9,11-13,18-21,23-34H2,1-7H3,(H,53,54)/t35-,38+,39-,40-,41-,42+,43+,45+,46-,47+,48+,49+,50-,51+,52-/m1/s1. The molecule has 0 unspecified atom stereocenters.